The van der Waals surface area contributed by atoms with E-state index in [0.29, 0.717) is 0 Å². The number of hydrogen-bond donors (Lipinski definition) is 0. The fourth-order valence-electron chi connectivity index (χ4n) is 0.578. The van der Waals surface area contributed by atoms with Gasteiger partial charge in [-0.3, -0.25) is 0 Å². The molecule has 0 fully saturated rings. The number of alkyl halides is 3. The van der Waals surface area contributed by atoms with Gasteiger partial charge in [-0.1, -0.05) is 0 Å². The average molecular weight is 166 g/mol. The van der Waals surface area contributed by atoms with E-state index in [1.165, 1.54) is 6.08 Å². The molecule has 5 heteroatoms. The Bertz CT molecular complexity index is 192. The summed E-state index contributed by atoms with van der Waals surface area (Å²) in [4.78, 5) is 0. The highest BCUT2D eigenvalue weighted by molar-refractivity contribution is 5.13. The Hall–Kier alpha value is -1.13. The van der Waals surface area contributed by atoms with Gasteiger partial charge in [0.1, 0.15) is 12.4 Å². The van der Waals surface area contributed by atoms with Crippen molar-refractivity contribution in [3.8, 4) is 0 Å². The summed E-state index contributed by atoms with van der Waals surface area (Å²) in [6.07, 6.45) is -1.15. The highest BCUT2D eigenvalue weighted by Gasteiger charge is 2.31. The molecule has 0 aromatic rings. The van der Waals surface area contributed by atoms with Crippen LogP contribution in [0.4, 0.5) is 13.2 Å². The zero-order valence-corrected chi connectivity index (χ0v) is 5.39. The van der Waals surface area contributed by atoms with Crippen molar-refractivity contribution in [3.05, 3.63) is 24.2 Å². The van der Waals surface area contributed by atoms with Gasteiger partial charge in [-0.05, 0) is 6.08 Å². The summed E-state index contributed by atoms with van der Waals surface area (Å²) in [5, 5.41) is 0. The predicted molar refractivity (Wildman–Crippen MR) is 30.3 cm³/mol. The molecule has 0 aliphatic carbocycles. The third-order valence-electron chi connectivity index (χ3n) is 0.943. The molecule has 0 N–H and O–H groups in total. The second kappa shape index (κ2) is 2.86. The fourth-order valence-corrected chi connectivity index (χ4v) is 0.578. The molecule has 1 rings (SSSR count). The number of allylic oxidation sites excluding steroid dienone is 1. The Morgan fingerprint density at radius 3 is 2.64 bits per heavy atom. The monoisotopic (exact) mass is 166 g/mol. The summed E-state index contributed by atoms with van der Waals surface area (Å²) >= 11 is 0. The summed E-state index contributed by atoms with van der Waals surface area (Å²) in [5.41, 5.74) is 0. The van der Waals surface area contributed by atoms with Gasteiger partial charge in [-0.25, -0.2) is 0 Å². The minimum atomic E-state index is -4.62. The van der Waals surface area contributed by atoms with E-state index in [0.717, 1.165) is 12.3 Å². The van der Waals surface area contributed by atoms with Crippen LogP contribution in [-0.4, -0.2) is 13.0 Å². The Labute approximate surface area is 60.9 Å². The quantitative estimate of drug-likeness (QED) is 0.592. The summed E-state index contributed by atoms with van der Waals surface area (Å²) < 4.78 is 42.7. The van der Waals surface area contributed by atoms with E-state index >= 15 is 0 Å². The minimum Gasteiger partial charge on any atom is -0.497 e. The standard InChI is InChI=1S/C6H5F3O2/c7-6(8,9)11-5-1-3-10-4-2-5/h1-3H,4H2. The van der Waals surface area contributed by atoms with Crippen molar-refractivity contribution < 1.29 is 22.6 Å². The molecule has 1 heterocycles. The zero-order valence-electron chi connectivity index (χ0n) is 5.39. The highest BCUT2D eigenvalue weighted by atomic mass is 19.4. The molecule has 1 aliphatic rings. The van der Waals surface area contributed by atoms with Crippen LogP contribution in [0.25, 0.3) is 0 Å². The topological polar surface area (TPSA) is 18.5 Å². The molecule has 0 aromatic heterocycles. The van der Waals surface area contributed by atoms with Crippen LogP contribution >= 0.6 is 0 Å². The predicted octanol–water partition coefficient (Wildman–Crippen LogP) is 1.95. The van der Waals surface area contributed by atoms with Gasteiger partial charge < -0.3 is 9.47 Å². The normalized spacial score (nSPS) is 17.2. The molecule has 0 saturated carbocycles. The van der Waals surface area contributed by atoms with Crippen molar-refractivity contribution in [2.24, 2.45) is 0 Å². The van der Waals surface area contributed by atoms with Gasteiger partial charge in [0.05, 0.1) is 6.26 Å². The van der Waals surface area contributed by atoms with Crippen LogP contribution < -0.4 is 0 Å². The van der Waals surface area contributed by atoms with Crippen molar-refractivity contribution in [2.75, 3.05) is 6.61 Å². The Balaban J connectivity index is 2.49. The molecule has 0 amide bonds. The molecule has 0 aromatic carbocycles. The maximum atomic E-state index is 11.5. The lowest BCUT2D eigenvalue weighted by atomic mass is 10.4. The summed E-state index contributed by atoms with van der Waals surface area (Å²) in [5.74, 6) is -0.233. The van der Waals surface area contributed by atoms with Gasteiger partial charge in [-0.15, -0.1) is 13.2 Å². The maximum Gasteiger partial charge on any atom is 0.573 e. The third-order valence-corrected chi connectivity index (χ3v) is 0.943. The Morgan fingerprint density at radius 1 is 1.45 bits per heavy atom. The summed E-state index contributed by atoms with van der Waals surface area (Å²) in [7, 11) is 0. The first-order chi connectivity index (χ1) is 5.08. The van der Waals surface area contributed by atoms with E-state index in [1.807, 2.05) is 0 Å². The van der Waals surface area contributed by atoms with E-state index in [4.69, 9.17) is 0 Å². The molecule has 0 radical (unpaired) electrons. The highest BCUT2D eigenvalue weighted by Crippen LogP contribution is 2.22. The van der Waals surface area contributed by atoms with Crippen LogP contribution in [0.2, 0.25) is 0 Å². The molecular formula is C6H5F3O2. The van der Waals surface area contributed by atoms with Gasteiger partial charge in [0, 0.05) is 6.08 Å². The number of ether oxygens (including phenoxy) is 2. The molecule has 0 saturated heterocycles. The minimum absolute atomic E-state index is 0.113. The second-order valence-electron chi connectivity index (χ2n) is 1.79. The summed E-state index contributed by atoms with van der Waals surface area (Å²) in [6.45, 7) is 0.113. The molecule has 0 spiro atoms. The van der Waals surface area contributed by atoms with E-state index in [1.54, 1.807) is 0 Å². The first-order valence-electron chi connectivity index (χ1n) is 2.82. The molecular weight excluding hydrogens is 161 g/mol. The molecule has 0 atom stereocenters. The third kappa shape index (κ3) is 2.97. The molecule has 62 valence electrons. The SMILES string of the molecule is FC(F)(F)OC1=CCOC=C1. The second-order valence-corrected chi connectivity index (χ2v) is 1.79. The molecule has 0 unspecified atom stereocenters. The van der Waals surface area contributed by atoms with Crippen LogP contribution in [0, 0.1) is 0 Å². The van der Waals surface area contributed by atoms with Crippen LogP contribution in [0.15, 0.2) is 24.2 Å². The first kappa shape index (κ1) is 7.97. The average Bonchev–Trinajstić information content (AvgIpc) is 1.85. The Morgan fingerprint density at radius 2 is 2.18 bits per heavy atom. The molecule has 1 aliphatic heterocycles. The molecule has 2 nitrogen and oxygen atoms in total. The molecule has 11 heavy (non-hydrogen) atoms. The van der Waals surface area contributed by atoms with Crippen LogP contribution in [0.3, 0.4) is 0 Å². The number of rotatable bonds is 1. The lowest BCUT2D eigenvalue weighted by Gasteiger charge is -2.11. The summed E-state index contributed by atoms with van der Waals surface area (Å²) in [6, 6.07) is 0. The van der Waals surface area contributed by atoms with E-state index < -0.39 is 6.36 Å². The smallest absolute Gasteiger partial charge is 0.497 e. The van der Waals surface area contributed by atoms with Crippen molar-refractivity contribution in [1.29, 1.82) is 0 Å². The zero-order chi connectivity index (χ0) is 8.32. The maximum absolute atomic E-state index is 11.5. The van der Waals surface area contributed by atoms with Crippen LogP contribution in [0.5, 0.6) is 0 Å². The van der Waals surface area contributed by atoms with E-state index in [9.17, 15) is 13.2 Å². The van der Waals surface area contributed by atoms with Crippen molar-refractivity contribution >= 4 is 0 Å². The number of hydrogen-bond acceptors (Lipinski definition) is 2. The van der Waals surface area contributed by atoms with Crippen LogP contribution in [0.1, 0.15) is 0 Å². The first-order valence-corrected chi connectivity index (χ1v) is 2.82. The largest absolute Gasteiger partial charge is 0.573 e. The van der Waals surface area contributed by atoms with Gasteiger partial charge in [0.15, 0.2) is 0 Å². The van der Waals surface area contributed by atoms with Gasteiger partial charge in [-0.2, -0.15) is 0 Å². The van der Waals surface area contributed by atoms with Crippen molar-refractivity contribution in [2.45, 2.75) is 6.36 Å². The van der Waals surface area contributed by atoms with Gasteiger partial charge in [0.25, 0.3) is 0 Å². The van der Waals surface area contributed by atoms with Crippen molar-refractivity contribution in [3.63, 3.8) is 0 Å². The van der Waals surface area contributed by atoms with E-state index in [-0.39, 0.29) is 12.4 Å². The lowest BCUT2D eigenvalue weighted by molar-refractivity contribution is -0.303. The molecule has 0 bridgehead atoms. The van der Waals surface area contributed by atoms with Gasteiger partial charge in [0.2, 0.25) is 0 Å². The van der Waals surface area contributed by atoms with Crippen molar-refractivity contribution in [1.82, 2.24) is 0 Å². The fraction of sp³-hybridized carbons (Fsp3) is 0.333. The Kier molecular flexibility index (Phi) is 2.07. The van der Waals surface area contributed by atoms with Crippen LogP contribution in [-0.2, 0) is 9.47 Å². The lowest BCUT2D eigenvalue weighted by Crippen LogP contribution is -2.13. The van der Waals surface area contributed by atoms with E-state index in [2.05, 4.69) is 9.47 Å². The number of halogens is 3. The van der Waals surface area contributed by atoms with Gasteiger partial charge >= 0.3 is 6.36 Å².